The van der Waals surface area contributed by atoms with Crippen LogP contribution in [0.1, 0.15) is 12.0 Å². The molecule has 6 nitrogen and oxygen atoms in total. The maximum Gasteiger partial charge on any atom is 0.217 e. The largest absolute Gasteiger partial charge is 0.481 e. The predicted octanol–water partition coefficient (Wildman–Crippen LogP) is 1.26. The smallest absolute Gasteiger partial charge is 0.217 e. The van der Waals surface area contributed by atoms with Crippen molar-refractivity contribution in [2.45, 2.75) is 13.0 Å². The molecule has 0 amide bonds. The molecule has 0 radical (unpaired) electrons. The second kappa shape index (κ2) is 8.25. The van der Waals surface area contributed by atoms with Crippen molar-refractivity contribution in [2.24, 2.45) is 5.41 Å². The fraction of sp³-hybridized carbons (Fsp3) is 0.722. The van der Waals surface area contributed by atoms with Gasteiger partial charge in [0.05, 0.1) is 26.9 Å². The van der Waals surface area contributed by atoms with E-state index < -0.39 is 0 Å². The van der Waals surface area contributed by atoms with Crippen molar-refractivity contribution < 1.29 is 14.2 Å². The third-order valence-electron chi connectivity index (χ3n) is 5.09. The maximum atomic E-state index is 5.96. The molecule has 24 heavy (non-hydrogen) atoms. The summed E-state index contributed by atoms with van der Waals surface area (Å²) in [6, 6.07) is 4.08. The Balaban J connectivity index is 1.65. The van der Waals surface area contributed by atoms with Crippen molar-refractivity contribution >= 4 is 0 Å². The Kier molecular flexibility index (Phi) is 6.05. The topological polar surface area (TPSA) is 47.1 Å². The summed E-state index contributed by atoms with van der Waals surface area (Å²) in [5.74, 6) is 0.727. The van der Waals surface area contributed by atoms with E-state index >= 15 is 0 Å². The van der Waals surface area contributed by atoms with Gasteiger partial charge < -0.3 is 19.1 Å². The van der Waals surface area contributed by atoms with E-state index in [1.807, 2.05) is 6.07 Å². The van der Waals surface area contributed by atoms with Gasteiger partial charge in [-0.15, -0.1) is 0 Å². The van der Waals surface area contributed by atoms with Crippen molar-refractivity contribution in [2.75, 3.05) is 66.8 Å². The van der Waals surface area contributed by atoms with Gasteiger partial charge in [0, 0.05) is 57.0 Å². The Hall–Kier alpha value is -1.21. The minimum absolute atomic E-state index is 0.236. The molecule has 1 aromatic rings. The number of likely N-dealkylation sites (tertiary alicyclic amines) is 1. The number of hydrogen-bond donors (Lipinski definition) is 0. The van der Waals surface area contributed by atoms with Crippen LogP contribution in [0.25, 0.3) is 0 Å². The highest BCUT2D eigenvalue weighted by molar-refractivity contribution is 5.25. The first-order valence-electron chi connectivity index (χ1n) is 8.74. The standard InChI is InChI=1S/C18H29N3O3/c1-22-10-8-20-7-5-18(13-20)14-21(9-11-24-15-18)12-16-4-3-6-19-17(16)23-2/h3-4,6H,5,7-15H2,1-2H3/t18-/m0/s1. The Labute approximate surface area is 144 Å². The molecule has 6 heteroatoms. The van der Waals surface area contributed by atoms with Crippen LogP contribution < -0.4 is 4.74 Å². The number of nitrogens with zero attached hydrogens (tertiary/aromatic N) is 3. The fourth-order valence-electron chi connectivity index (χ4n) is 3.87. The highest BCUT2D eigenvalue weighted by atomic mass is 16.5. The summed E-state index contributed by atoms with van der Waals surface area (Å²) < 4.78 is 16.6. The molecule has 0 saturated carbocycles. The summed E-state index contributed by atoms with van der Waals surface area (Å²) in [5, 5.41) is 0. The molecule has 2 fully saturated rings. The SMILES string of the molecule is COCCN1CC[C@]2(COCCN(Cc3cccnc3OC)C2)C1. The van der Waals surface area contributed by atoms with Crippen molar-refractivity contribution in [1.29, 1.82) is 0 Å². The van der Waals surface area contributed by atoms with Crippen molar-refractivity contribution in [3.05, 3.63) is 23.9 Å². The summed E-state index contributed by atoms with van der Waals surface area (Å²) in [6.07, 6.45) is 2.97. The zero-order chi connectivity index (χ0) is 16.8. The van der Waals surface area contributed by atoms with Gasteiger partial charge in [-0.05, 0) is 19.0 Å². The molecule has 3 heterocycles. The molecular weight excluding hydrogens is 306 g/mol. The average Bonchev–Trinajstić information content (AvgIpc) is 2.89. The van der Waals surface area contributed by atoms with Crippen LogP contribution in [0.5, 0.6) is 5.88 Å². The van der Waals surface area contributed by atoms with Crippen LogP contribution in [0.2, 0.25) is 0 Å². The Morgan fingerprint density at radius 1 is 1.25 bits per heavy atom. The molecule has 3 rings (SSSR count). The van der Waals surface area contributed by atoms with Gasteiger partial charge >= 0.3 is 0 Å². The molecule has 1 spiro atoms. The summed E-state index contributed by atoms with van der Waals surface area (Å²) in [5.41, 5.74) is 1.38. The number of hydrogen-bond acceptors (Lipinski definition) is 6. The zero-order valence-corrected chi connectivity index (χ0v) is 14.9. The number of ether oxygens (including phenoxy) is 3. The first-order valence-corrected chi connectivity index (χ1v) is 8.74. The number of rotatable bonds is 6. The van der Waals surface area contributed by atoms with Crippen molar-refractivity contribution in [1.82, 2.24) is 14.8 Å². The maximum absolute atomic E-state index is 5.96. The van der Waals surface area contributed by atoms with E-state index in [2.05, 4.69) is 20.9 Å². The van der Waals surface area contributed by atoms with Crippen molar-refractivity contribution in [3.63, 3.8) is 0 Å². The minimum atomic E-state index is 0.236. The van der Waals surface area contributed by atoms with Crippen LogP contribution in [0, 0.1) is 5.41 Å². The molecule has 0 N–H and O–H groups in total. The molecule has 0 aliphatic carbocycles. The van der Waals surface area contributed by atoms with Gasteiger partial charge in [-0.1, -0.05) is 6.07 Å². The second-order valence-corrected chi connectivity index (χ2v) is 6.95. The average molecular weight is 335 g/mol. The summed E-state index contributed by atoms with van der Waals surface area (Å²) in [6.45, 7) is 8.57. The van der Waals surface area contributed by atoms with Crippen LogP contribution in [-0.4, -0.2) is 81.5 Å². The van der Waals surface area contributed by atoms with E-state index in [4.69, 9.17) is 14.2 Å². The Morgan fingerprint density at radius 2 is 2.12 bits per heavy atom. The molecule has 0 unspecified atom stereocenters. The summed E-state index contributed by atoms with van der Waals surface area (Å²) in [4.78, 5) is 9.31. The van der Waals surface area contributed by atoms with Crippen LogP contribution in [0.3, 0.4) is 0 Å². The minimum Gasteiger partial charge on any atom is -0.481 e. The fourth-order valence-corrected chi connectivity index (χ4v) is 3.87. The molecule has 2 aliphatic rings. The quantitative estimate of drug-likeness (QED) is 0.780. The molecule has 1 atom stereocenters. The molecular formula is C18H29N3O3. The summed E-state index contributed by atoms with van der Waals surface area (Å²) in [7, 11) is 3.45. The van der Waals surface area contributed by atoms with Crippen molar-refractivity contribution in [3.8, 4) is 5.88 Å². The van der Waals surface area contributed by atoms with E-state index in [9.17, 15) is 0 Å². The van der Waals surface area contributed by atoms with E-state index in [1.165, 1.54) is 6.42 Å². The molecule has 134 valence electrons. The first kappa shape index (κ1) is 17.6. The van der Waals surface area contributed by atoms with Gasteiger partial charge in [-0.3, -0.25) is 4.90 Å². The van der Waals surface area contributed by atoms with Gasteiger partial charge in [-0.2, -0.15) is 0 Å². The van der Waals surface area contributed by atoms with Gasteiger partial charge in [0.2, 0.25) is 5.88 Å². The van der Waals surface area contributed by atoms with Crippen LogP contribution in [-0.2, 0) is 16.0 Å². The highest BCUT2D eigenvalue weighted by Gasteiger charge is 2.40. The monoisotopic (exact) mass is 335 g/mol. The predicted molar refractivity (Wildman–Crippen MR) is 92.3 cm³/mol. The Bertz CT molecular complexity index is 528. The molecule has 2 aliphatic heterocycles. The van der Waals surface area contributed by atoms with E-state index in [0.717, 1.165) is 70.5 Å². The van der Waals surface area contributed by atoms with Crippen LogP contribution in [0.4, 0.5) is 0 Å². The molecule has 0 aromatic carbocycles. The molecule has 2 saturated heterocycles. The lowest BCUT2D eigenvalue weighted by atomic mass is 9.87. The number of pyridine rings is 1. The first-order chi connectivity index (χ1) is 11.7. The molecule has 1 aromatic heterocycles. The number of methoxy groups -OCH3 is 2. The van der Waals surface area contributed by atoms with Crippen LogP contribution in [0.15, 0.2) is 18.3 Å². The third kappa shape index (κ3) is 4.25. The molecule has 0 bridgehead atoms. The van der Waals surface area contributed by atoms with Gasteiger partial charge in [-0.25, -0.2) is 4.98 Å². The lowest BCUT2D eigenvalue weighted by Crippen LogP contribution is -2.40. The normalized spacial score (nSPS) is 25.9. The highest BCUT2D eigenvalue weighted by Crippen LogP contribution is 2.34. The van der Waals surface area contributed by atoms with E-state index in [0.29, 0.717) is 0 Å². The zero-order valence-electron chi connectivity index (χ0n) is 14.9. The lowest BCUT2D eigenvalue weighted by molar-refractivity contribution is 0.0682. The second-order valence-electron chi connectivity index (χ2n) is 6.95. The van der Waals surface area contributed by atoms with Gasteiger partial charge in [0.1, 0.15) is 0 Å². The van der Waals surface area contributed by atoms with Crippen LogP contribution >= 0.6 is 0 Å². The van der Waals surface area contributed by atoms with E-state index in [-0.39, 0.29) is 5.41 Å². The third-order valence-corrected chi connectivity index (χ3v) is 5.09. The summed E-state index contributed by atoms with van der Waals surface area (Å²) >= 11 is 0. The lowest BCUT2D eigenvalue weighted by Gasteiger charge is -2.32. The van der Waals surface area contributed by atoms with Gasteiger partial charge in [0.15, 0.2) is 0 Å². The van der Waals surface area contributed by atoms with Gasteiger partial charge in [0.25, 0.3) is 0 Å². The number of aromatic nitrogens is 1. The Morgan fingerprint density at radius 3 is 2.96 bits per heavy atom. The van der Waals surface area contributed by atoms with E-state index in [1.54, 1.807) is 20.4 Å².